The largest absolute Gasteiger partial charge is 0.466 e. The Balaban J connectivity index is 3.37. The Labute approximate surface area is 218 Å². The molecule has 0 heterocycles. The maximum Gasteiger partial charge on any atom is 0.305 e. The van der Waals surface area contributed by atoms with Crippen molar-refractivity contribution in [2.75, 3.05) is 13.2 Å². The fraction of sp³-hybridized carbons (Fsp3) is 0.935. The lowest BCUT2D eigenvalue weighted by Gasteiger charge is -2.14. The third-order valence-electron chi connectivity index (χ3n) is 7.10. The molecule has 0 rings (SSSR count). The van der Waals surface area contributed by atoms with Gasteiger partial charge in [0, 0.05) is 12.8 Å². The van der Waals surface area contributed by atoms with Gasteiger partial charge in [-0.15, -0.1) is 0 Å². The monoisotopic (exact) mass is 496 g/mol. The summed E-state index contributed by atoms with van der Waals surface area (Å²) in [7, 11) is 0. The zero-order chi connectivity index (χ0) is 25.8. The molecule has 4 nitrogen and oxygen atoms in total. The van der Waals surface area contributed by atoms with Crippen molar-refractivity contribution in [3.05, 3.63) is 0 Å². The van der Waals surface area contributed by atoms with E-state index >= 15 is 0 Å². The second-order valence-electron chi connectivity index (χ2n) is 10.4. The van der Waals surface area contributed by atoms with Gasteiger partial charge in [-0.1, -0.05) is 130 Å². The summed E-state index contributed by atoms with van der Waals surface area (Å²) in [6.07, 6.45) is 26.7. The maximum atomic E-state index is 11.8. The average Bonchev–Trinajstić information content (AvgIpc) is 2.86. The molecule has 0 saturated carbocycles. The Bertz CT molecular complexity index is 463. The van der Waals surface area contributed by atoms with Crippen LogP contribution in [0.15, 0.2) is 0 Å². The van der Waals surface area contributed by atoms with Crippen molar-refractivity contribution in [3.63, 3.8) is 0 Å². The van der Waals surface area contributed by atoms with E-state index in [9.17, 15) is 9.59 Å². The number of carbonyl (C=O) groups is 2. The predicted octanol–water partition coefficient (Wildman–Crippen LogP) is 9.72. The van der Waals surface area contributed by atoms with E-state index in [0.29, 0.717) is 32.0 Å². The topological polar surface area (TPSA) is 52.6 Å². The number of carbonyl (C=O) groups excluding carboxylic acids is 2. The molecule has 208 valence electrons. The molecular formula is C31H60O4. The average molecular weight is 497 g/mol. The van der Waals surface area contributed by atoms with E-state index in [0.717, 1.165) is 57.8 Å². The van der Waals surface area contributed by atoms with Crippen molar-refractivity contribution < 1.29 is 19.1 Å². The number of unbranched alkanes of at least 4 members (excludes halogenated alkanes) is 15. The standard InChI is InChI=1S/C31H60O4/c1-4-7-21-27-34-30(32)24-20-18-16-14-12-10-9-11-13-15-17-19-23-29(6-3)25-26-31(33)35-28-22-8-5-2/h29H,4-28H2,1-3H3. The first-order valence-corrected chi connectivity index (χ1v) is 15.4. The molecule has 0 bridgehead atoms. The predicted molar refractivity (Wildman–Crippen MR) is 149 cm³/mol. The summed E-state index contributed by atoms with van der Waals surface area (Å²) in [5.74, 6) is 0.663. The van der Waals surface area contributed by atoms with Gasteiger partial charge in [-0.05, 0) is 31.6 Å². The van der Waals surface area contributed by atoms with Gasteiger partial charge in [-0.3, -0.25) is 9.59 Å². The lowest BCUT2D eigenvalue weighted by molar-refractivity contribution is -0.145. The van der Waals surface area contributed by atoms with Crippen molar-refractivity contribution in [1.29, 1.82) is 0 Å². The molecule has 0 aliphatic heterocycles. The molecule has 0 aromatic carbocycles. The van der Waals surface area contributed by atoms with E-state index in [1.165, 1.54) is 77.0 Å². The summed E-state index contributed by atoms with van der Waals surface area (Å²) in [4.78, 5) is 23.5. The summed E-state index contributed by atoms with van der Waals surface area (Å²) in [6.45, 7) is 7.77. The normalized spacial score (nSPS) is 12.0. The first-order valence-electron chi connectivity index (χ1n) is 15.4. The summed E-state index contributed by atoms with van der Waals surface area (Å²) in [5.41, 5.74) is 0. The van der Waals surface area contributed by atoms with Crippen LogP contribution < -0.4 is 0 Å². The van der Waals surface area contributed by atoms with Crippen molar-refractivity contribution in [2.24, 2.45) is 5.92 Å². The fourth-order valence-corrected chi connectivity index (χ4v) is 4.57. The van der Waals surface area contributed by atoms with E-state index < -0.39 is 0 Å². The molecule has 1 unspecified atom stereocenters. The highest BCUT2D eigenvalue weighted by Gasteiger charge is 2.10. The molecule has 35 heavy (non-hydrogen) atoms. The first kappa shape index (κ1) is 33.9. The van der Waals surface area contributed by atoms with E-state index in [2.05, 4.69) is 20.8 Å². The highest BCUT2D eigenvalue weighted by atomic mass is 16.5. The minimum absolute atomic E-state index is 0.00239. The number of ether oxygens (including phenoxy) is 2. The van der Waals surface area contributed by atoms with Gasteiger partial charge in [0.05, 0.1) is 13.2 Å². The third kappa shape index (κ3) is 25.8. The van der Waals surface area contributed by atoms with E-state index in [1.807, 2.05) is 0 Å². The highest BCUT2D eigenvalue weighted by molar-refractivity contribution is 5.69. The van der Waals surface area contributed by atoms with Gasteiger partial charge in [0.1, 0.15) is 0 Å². The second-order valence-corrected chi connectivity index (χ2v) is 10.4. The molecule has 0 aromatic rings. The van der Waals surface area contributed by atoms with Gasteiger partial charge >= 0.3 is 11.9 Å². The number of hydrogen-bond acceptors (Lipinski definition) is 4. The van der Waals surface area contributed by atoms with Crippen LogP contribution in [-0.2, 0) is 19.1 Å². The lowest BCUT2D eigenvalue weighted by Crippen LogP contribution is -2.09. The molecule has 4 heteroatoms. The zero-order valence-corrected chi connectivity index (χ0v) is 23.9. The number of hydrogen-bond donors (Lipinski definition) is 0. The van der Waals surface area contributed by atoms with Crippen LogP contribution in [0.3, 0.4) is 0 Å². The summed E-state index contributed by atoms with van der Waals surface area (Å²) < 4.78 is 10.6. The van der Waals surface area contributed by atoms with E-state index in [-0.39, 0.29) is 11.9 Å². The number of rotatable bonds is 27. The van der Waals surface area contributed by atoms with Crippen LogP contribution in [0, 0.1) is 5.92 Å². The van der Waals surface area contributed by atoms with Crippen LogP contribution in [0.4, 0.5) is 0 Å². The third-order valence-corrected chi connectivity index (χ3v) is 7.10. The molecular weight excluding hydrogens is 436 g/mol. The molecule has 0 aliphatic rings. The summed E-state index contributed by atoms with van der Waals surface area (Å²) in [5, 5.41) is 0. The smallest absolute Gasteiger partial charge is 0.305 e. The van der Waals surface area contributed by atoms with Crippen LogP contribution in [0.5, 0.6) is 0 Å². The first-order chi connectivity index (χ1) is 17.1. The molecule has 0 aromatic heterocycles. The van der Waals surface area contributed by atoms with Crippen LogP contribution in [0.2, 0.25) is 0 Å². The Hall–Kier alpha value is -1.06. The number of esters is 2. The minimum atomic E-state index is -0.0100. The van der Waals surface area contributed by atoms with Gasteiger partial charge < -0.3 is 9.47 Å². The van der Waals surface area contributed by atoms with Gasteiger partial charge in [0.25, 0.3) is 0 Å². The Kier molecular flexibility index (Phi) is 26.7. The SMILES string of the molecule is CCCCCOC(=O)CCCCCCCCCCCCCCC(CC)CCC(=O)OCCCCC. The molecule has 0 radical (unpaired) electrons. The molecule has 0 fully saturated rings. The minimum Gasteiger partial charge on any atom is -0.466 e. The summed E-state index contributed by atoms with van der Waals surface area (Å²) in [6, 6.07) is 0. The zero-order valence-electron chi connectivity index (χ0n) is 23.9. The Morgan fingerprint density at radius 1 is 0.486 bits per heavy atom. The van der Waals surface area contributed by atoms with Crippen LogP contribution >= 0.6 is 0 Å². The van der Waals surface area contributed by atoms with E-state index in [1.54, 1.807) is 0 Å². The van der Waals surface area contributed by atoms with Crippen LogP contribution in [0.1, 0.15) is 168 Å². The Morgan fingerprint density at radius 2 is 0.914 bits per heavy atom. The summed E-state index contributed by atoms with van der Waals surface area (Å²) >= 11 is 0. The lowest BCUT2D eigenvalue weighted by atomic mass is 9.93. The van der Waals surface area contributed by atoms with E-state index in [4.69, 9.17) is 9.47 Å². The van der Waals surface area contributed by atoms with Crippen LogP contribution in [-0.4, -0.2) is 25.2 Å². The van der Waals surface area contributed by atoms with Gasteiger partial charge in [0.15, 0.2) is 0 Å². The molecule has 0 saturated heterocycles. The van der Waals surface area contributed by atoms with Crippen molar-refractivity contribution >= 4 is 11.9 Å². The second kappa shape index (κ2) is 27.5. The van der Waals surface area contributed by atoms with Crippen molar-refractivity contribution in [1.82, 2.24) is 0 Å². The molecule has 0 spiro atoms. The maximum absolute atomic E-state index is 11.8. The molecule has 0 aliphatic carbocycles. The molecule has 1 atom stereocenters. The quantitative estimate of drug-likeness (QED) is 0.0838. The van der Waals surface area contributed by atoms with Crippen LogP contribution in [0.25, 0.3) is 0 Å². The van der Waals surface area contributed by atoms with Gasteiger partial charge in [-0.25, -0.2) is 0 Å². The van der Waals surface area contributed by atoms with Gasteiger partial charge in [-0.2, -0.15) is 0 Å². The van der Waals surface area contributed by atoms with Gasteiger partial charge in [0.2, 0.25) is 0 Å². The molecule has 0 N–H and O–H groups in total. The van der Waals surface area contributed by atoms with Crippen molar-refractivity contribution in [3.8, 4) is 0 Å². The fourth-order valence-electron chi connectivity index (χ4n) is 4.57. The molecule has 0 amide bonds. The Morgan fingerprint density at radius 3 is 1.37 bits per heavy atom. The highest BCUT2D eigenvalue weighted by Crippen LogP contribution is 2.20. The van der Waals surface area contributed by atoms with Crippen molar-refractivity contribution in [2.45, 2.75) is 168 Å².